The van der Waals surface area contributed by atoms with Crippen molar-refractivity contribution in [2.24, 2.45) is 7.05 Å². The van der Waals surface area contributed by atoms with Crippen molar-refractivity contribution in [1.29, 1.82) is 0 Å². The number of nitrogens with zero attached hydrogens (tertiary/aromatic N) is 2. The van der Waals surface area contributed by atoms with E-state index in [2.05, 4.69) is 10.4 Å². The molecular weight excluding hydrogens is 274 g/mol. The molecule has 0 spiro atoms. The van der Waals surface area contributed by atoms with E-state index in [9.17, 15) is 9.90 Å². The van der Waals surface area contributed by atoms with E-state index in [0.717, 1.165) is 46.5 Å². The van der Waals surface area contributed by atoms with Crippen LogP contribution in [0.15, 0.2) is 6.07 Å². The molecule has 5 nitrogen and oxygen atoms in total. The van der Waals surface area contributed by atoms with Crippen molar-refractivity contribution in [2.75, 3.05) is 0 Å². The largest absolute Gasteiger partial charge is 0.393 e. The van der Waals surface area contributed by atoms with Crippen LogP contribution in [-0.4, -0.2) is 32.9 Å². The lowest BCUT2D eigenvalue weighted by Crippen LogP contribution is -2.38. The van der Waals surface area contributed by atoms with Gasteiger partial charge in [-0.2, -0.15) is 5.10 Å². The SMILES string of the molecule is Cc1nn(C)c2sc(C(=O)NC3CCC(O)CC3)cc12. The maximum absolute atomic E-state index is 12.3. The molecule has 108 valence electrons. The van der Waals surface area contributed by atoms with Gasteiger partial charge in [0.15, 0.2) is 0 Å². The first-order valence-corrected chi connectivity index (χ1v) is 7.78. The number of aliphatic hydroxyl groups excluding tert-OH is 1. The van der Waals surface area contributed by atoms with Crippen molar-refractivity contribution in [3.63, 3.8) is 0 Å². The molecule has 1 aliphatic carbocycles. The highest BCUT2D eigenvalue weighted by molar-refractivity contribution is 7.20. The third kappa shape index (κ3) is 2.45. The molecule has 20 heavy (non-hydrogen) atoms. The van der Waals surface area contributed by atoms with Crippen LogP contribution in [0.2, 0.25) is 0 Å². The summed E-state index contributed by atoms with van der Waals surface area (Å²) in [5.74, 6) is -0.00742. The summed E-state index contributed by atoms with van der Waals surface area (Å²) >= 11 is 1.48. The molecule has 1 aliphatic rings. The molecule has 2 aromatic heterocycles. The lowest BCUT2D eigenvalue weighted by Gasteiger charge is -2.25. The van der Waals surface area contributed by atoms with Crippen LogP contribution >= 0.6 is 11.3 Å². The average Bonchev–Trinajstić information content (AvgIpc) is 2.95. The van der Waals surface area contributed by atoms with Crippen molar-refractivity contribution in [3.05, 3.63) is 16.6 Å². The summed E-state index contributed by atoms with van der Waals surface area (Å²) in [4.78, 5) is 14.1. The Hall–Kier alpha value is -1.40. The second kappa shape index (κ2) is 5.18. The van der Waals surface area contributed by atoms with E-state index >= 15 is 0 Å². The molecule has 1 amide bonds. The summed E-state index contributed by atoms with van der Waals surface area (Å²) < 4.78 is 1.82. The fourth-order valence-corrected chi connectivity index (χ4v) is 3.82. The molecule has 0 bridgehead atoms. The molecule has 0 atom stereocenters. The number of fused-ring (bicyclic) bond motifs is 1. The normalized spacial score (nSPS) is 23.1. The molecule has 0 aromatic carbocycles. The van der Waals surface area contributed by atoms with Gasteiger partial charge in [0, 0.05) is 18.5 Å². The van der Waals surface area contributed by atoms with Gasteiger partial charge in [-0.15, -0.1) is 11.3 Å². The number of carbonyl (C=O) groups excluding carboxylic acids is 1. The van der Waals surface area contributed by atoms with Gasteiger partial charge >= 0.3 is 0 Å². The van der Waals surface area contributed by atoms with Crippen molar-refractivity contribution in [3.8, 4) is 0 Å². The van der Waals surface area contributed by atoms with Crippen LogP contribution in [0.4, 0.5) is 0 Å². The zero-order chi connectivity index (χ0) is 14.3. The van der Waals surface area contributed by atoms with E-state index in [1.54, 1.807) is 0 Å². The van der Waals surface area contributed by atoms with E-state index in [4.69, 9.17) is 0 Å². The van der Waals surface area contributed by atoms with Crippen LogP contribution < -0.4 is 5.32 Å². The van der Waals surface area contributed by atoms with Gasteiger partial charge in [0.05, 0.1) is 16.7 Å². The molecule has 3 rings (SSSR count). The number of aromatic nitrogens is 2. The zero-order valence-corrected chi connectivity index (χ0v) is 12.5. The fourth-order valence-electron chi connectivity index (χ4n) is 2.79. The smallest absolute Gasteiger partial charge is 0.261 e. The summed E-state index contributed by atoms with van der Waals surface area (Å²) in [5, 5.41) is 18.0. The van der Waals surface area contributed by atoms with Gasteiger partial charge in [0.1, 0.15) is 4.83 Å². The van der Waals surface area contributed by atoms with E-state index in [0.29, 0.717) is 0 Å². The highest BCUT2D eigenvalue weighted by Gasteiger charge is 2.22. The first-order valence-electron chi connectivity index (χ1n) is 6.96. The second-order valence-corrected chi connectivity index (χ2v) is 6.55. The predicted molar refractivity (Wildman–Crippen MR) is 79.1 cm³/mol. The summed E-state index contributed by atoms with van der Waals surface area (Å²) in [7, 11) is 1.90. The lowest BCUT2D eigenvalue weighted by atomic mass is 9.93. The maximum Gasteiger partial charge on any atom is 0.261 e. The molecular formula is C14H19N3O2S. The molecule has 0 radical (unpaired) electrons. The van der Waals surface area contributed by atoms with Crippen LogP contribution in [0.1, 0.15) is 41.0 Å². The molecule has 0 saturated heterocycles. The summed E-state index contributed by atoms with van der Waals surface area (Å²) in [6, 6.07) is 2.12. The topological polar surface area (TPSA) is 67.2 Å². The minimum absolute atomic E-state index is 0.00742. The number of hydrogen-bond donors (Lipinski definition) is 2. The van der Waals surface area contributed by atoms with Gasteiger partial charge in [-0.3, -0.25) is 9.48 Å². The summed E-state index contributed by atoms with van der Waals surface area (Å²) in [5.41, 5.74) is 0.957. The first-order chi connectivity index (χ1) is 9.54. The number of nitrogens with one attached hydrogen (secondary N) is 1. The Morgan fingerprint density at radius 3 is 2.80 bits per heavy atom. The molecule has 1 fully saturated rings. The Bertz CT molecular complexity index is 604. The van der Waals surface area contributed by atoms with Crippen LogP contribution in [0, 0.1) is 6.92 Å². The van der Waals surface area contributed by atoms with Gasteiger partial charge in [-0.1, -0.05) is 0 Å². The number of hydrogen-bond acceptors (Lipinski definition) is 4. The number of amides is 1. The van der Waals surface area contributed by atoms with E-state index in [1.165, 1.54) is 11.3 Å². The van der Waals surface area contributed by atoms with E-state index < -0.39 is 0 Å². The standard InChI is InChI=1S/C14H19N3O2S/c1-8-11-7-12(20-14(11)17(2)16-8)13(19)15-9-3-5-10(18)6-4-9/h7,9-10,18H,3-6H2,1-2H3,(H,15,19). The number of aliphatic hydroxyl groups is 1. The predicted octanol–water partition coefficient (Wildman–Crippen LogP) is 1.98. The third-order valence-corrected chi connectivity index (χ3v) is 5.15. The highest BCUT2D eigenvalue weighted by Crippen LogP contribution is 2.28. The second-order valence-electron chi connectivity index (χ2n) is 5.52. The Balaban J connectivity index is 1.74. The number of thiophene rings is 1. The third-order valence-electron chi connectivity index (χ3n) is 3.95. The van der Waals surface area contributed by atoms with E-state index in [-0.39, 0.29) is 18.1 Å². The van der Waals surface area contributed by atoms with Gasteiger partial charge in [0.25, 0.3) is 5.91 Å². The minimum atomic E-state index is -0.193. The van der Waals surface area contributed by atoms with E-state index in [1.807, 2.05) is 24.7 Å². The quantitative estimate of drug-likeness (QED) is 0.889. The molecule has 2 heterocycles. The highest BCUT2D eigenvalue weighted by atomic mass is 32.1. The van der Waals surface area contributed by atoms with Crippen LogP contribution in [0.5, 0.6) is 0 Å². The fraction of sp³-hybridized carbons (Fsp3) is 0.571. The maximum atomic E-state index is 12.3. The zero-order valence-electron chi connectivity index (χ0n) is 11.7. The van der Waals surface area contributed by atoms with Gasteiger partial charge < -0.3 is 10.4 Å². The molecule has 1 saturated carbocycles. The molecule has 6 heteroatoms. The first kappa shape index (κ1) is 13.6. The number of carbonyl (C=O) groups is 1. The number of aryl methyl sites for hydroxylation is 2. The van der Waals surface area contributed by atoms with Crippen molar-refractivity contribution >= 4 is 27.5 Å². The van der Waals surface area contributed by atoms with Gasteiger partial charge in [-0.05, 0) is 38.7 Å². The minimum Gasteiger partial charge on any atom is -0.393 e. The monoisotopic (exact) mass is 293 g/mol. The summed E-state index contributed by atoms with van der Waals surface area (Å²) in [6.45, 7) is 1.96. The Kier molecular flexibility index (Phi) is 3.52. The van der Waals surface area contributed by atoms with Crippen molar-refractivity contribution in [2.45, 2.75) is 44.8 Å². The average molecular weight is 293 g/mol. The lowest BCUT2D eigenvalue weighted by molar-refractivity contribution is 0.0871. The van der Waals surface area contributed by atoms with Crippen molar-refractivity contribution < 1.29 is 9.90 Å². The molecule has 2 aromatic rings. The Labute approximate surface area is 121 Å². The molecule has 2 N–H and O–H groups in total. The van der Waals surface area contributed by atoms with Crippen LogP contribution in [0.25, 0.3) is 10.2 Å². The van der Waals surface area contributed by atoms with Crippen molar-refractivity contribution in [1.82, 2.24) is 15.1 Å². The number of rotatable bonds is 2. The molecule has 0 unspecified atom stereocenters. The van der Waals surface area contributed by atoms with Crippen LogP contribution in [0.3, 0.4) is 0 Å². The van der Waals surface area contributed by atoms with Gasteiger partial charge in [0.2, 0.25) is 0 Å². The van der Waals surface area contributed by atoms with Gasteiger partial charge in [-0.25, -0.2) is 0 Å². The summed E-state index contributed by atoms with van der Waals surface area (Å²) in [6.07, 6.45) is 3.08. The Morgan fingerprint density at radius 1 is 1.45 bits per heavy atom. The van der Waals surface area contributed by atoms with Crippen LogP contribution in [-0.2, 0) is 7.05 Å². The molecule has 0 aliphatic heterocycles. The Morgan fingerprint density at radius 2 is 2.15 bits per heavy atom.